The summed E-state index contributed by atoms with van der Waals surface area (Å²) in [4.78, 5) is 0. The average Bonchev–Trinajstić information content (AvgIpc) is 2.95. The molecule has 2 aromatic carbocycles. The number of hydrogen-bond donors (Lipinski definition) is 2. The standard InChI is InChI=1S/C17H18FNO2/c1-2-15(19-13-4-5-16(20)14(18)10-13)11-3-6-17-12(9-11)7-8-21-17/h3-6,9-10,15,19-20H,2,7-8H2,1H3. The topological polar surface area (TPSA) is 41.5 Å². The van der Waals surface area contributed by atoms with Crippen molar-refractivity contribution >= 4 is 5.69 Å². The fourth-order valence-electron chi connectivity index (χ4n) is 2.64. The Labute approximate surface area is 123 Å². The van der Waals surface area contributed by atoms with Crippen LogP contribution >= 0.6 is 0 Å². The van der Waals surface area contributed by atoms with Crippen LogP contribution in [0.4, 0.5) is 10.1 Å². The molecule has 1 unspecified atom stereocenters. The number of phenolic OH excluding ortho intramolecular Hbond substituents is 1. The third kappa shape index (κ3) is 2.79. The van der Waals surface area contributed by atoms with Crippen LogP contribution in [0.5, 0.6) is 11.5 Å². The summed E-state index contributed by atoms with van der Waals surface area (Å²) in [5, 5.41) is 12.6. The second-order valence-electron chi connectivity index (χ2n) is 5.24. The van der Waals surface area contributed by atoms with E-state index >= 15 is 0 Å². The molecule has 21 heavy (non-hydrogen) atoms. The number of nitrogens with one attached hydrogen (secondary N) is 1. The smallest absolute Gasteiger partial charge is 0.166 e. The number of rotatable bonds is 4. The maximum absolute atomic E-state index is 13.4. The molecule has 0 saturated carbocycles. The van der Waals surface area contributed by atoms with E-state index in [2.05, 4.69) is 18.3 Å². The largest absolute Gasteiger partial charge is 0.505 e. The van der Waals surface area contributed by atoms with Gasteiger partial charge in [0.2, 0.25) is 0 Å². The molecule has 0 spiro atoms. The van der Waals surface area contributed by atoms with Gasteiger partial charge in [0.1, 0.15) is 5.75 Å². The lowest BCUT2D eigenvalue weighted by atomic mass is 10.0. The van der Waals surface area contributed by atoms with Crippen LogP contribution < -0.4 is 10.1 Å². The lowest BCUT2D eigenvalue weighted by Gasteiger charge is -2.19. The van der Waals surface area contributed by atoms with Gasteiger partial charge < -0.3 is 15.2 Å². The van der Waals surface area contributed by atoms with Crippen LogP contribution in [0.2, 0.25) is 0 Å². The molecule has 3 nitrogen and oxygen atoms in total. The van der Waals surface area contributed by atoms with Gasteiger partial charge in [-0.3, -0.25) is 0 Å². The Morgan fingerprint density at radius 1 is 1.29 bits per heavy atom. The summed E-state index contributed by atoms with van der Waals surface area (Å²) in [5.74, 6) is 0.0183. The minimum absolute atomic E-state index is 0.0971. The van der Waals surface area contributed by atoms with Crippen molar-refractivity contribution in [3.63, 3.8) is 0 Å². The number of halogens is 1. The van der Waals surface area contributed by atoms with Crippen LogP contribution in [0, 0.1) is 5.82 Å². The fourth-order valence-corrected chi connectivity index (χ4v) is 2.64. The maximum atomic E-state index is 13.4. The number of phenols is 1. The Balaban J connectivity index is 1.83. The molecule has 0 aliphatic carbocycles. The van der Waals surface area contributed by atoms with Gasteiger partial charge in [0.25, 0.3) is 0 Å². The van der Waals surface area contributed by atoms with E-state index in [9.17, 15) is 9.50 Å². The first-order valence-corrected chi connectivity index (χ1v) is 7.18. The van der Waals surface area contributed by atoms with Crippen LogP contribution in [0.3, 0.4) is 0 Å². The minimum Gasteiger partial charge on any atom is -0.505 e. The third-order valence-electron chi connectivity index (χ3n) is 3.81. The minimum atomic E-state index is -0.614. The van der Waals surface area contributed by atoms with Crippen LogP contribution in [0.15, 0.2) is 36.4 Å². The van der Waals surface area contributed by atoms with Crippen molar-refractivity contribution in [2.24, 2.45) is 0 Å². The molecule has 0 aromatic heterocycles. The molecule has 1 aliphatic rings. The molecule has 4 heteroatoms. The quantitative estimate of drug-likeness (QED) is 0.834. The highest BCUT2D eigenvalue weighted by Gasteiger charge is 2.16. The van der Waals surface area contributed by atoms with E-state index in [0.29, 0.717) is 5.69 Å². The first kappa shape index (κ1) is 13.7. The first-order valence-electron chi connectivity index (χ1n) is 7.18. The van der Waals surface area contributed by atoms with Crippen molar-refractivity contribution in [2.75, 3.05) is 11.9 Å². The van der Waals surface area contributed by atoms with Crippen molar-refractivity contribution in [1.82, 2.24) is 0 Å². The molecular formula is C17H18FNO2. The van der Waals surface area contributed by atoms with Crippen LogP contribution in [-0.4, -0.2) is 11.7 Å². The first-order chi connectivity index (χ1) is 10.2. The number of benzene rings is 2. The number of hydrogen-bond acceptors (Lipinski definition) is 3. The maximum Gasteiger partial charge on any atom is 0.166 e. The van der Waals surface area contributed by atoms with E-state index < -0.39 is 5.82 Å². The Morgan fingerprint density at radius 2 is 2.14 bits per heavy atom. The highest BCUT2D eigenvalue weighted by Crippen LogP contribution is 2.31. The van der Waals surface area contributed by atoms with Crippen LogP contribution in [-0.2, 0) is 6.42 Å². The summed E-state index contributed by atoms with van der Waals surface area (Å²) in [6.45, 7) is 2.82. The molecule has 0 saturated heterocycles. The zero-order valence-electron chi connectivity index (χ0n) is 11.9. The van der Waals surface area contributed by atoms with Gasteiger partial charge in [0, 0.05) is 18.2 Å². The van der Waals surface area contributed by atoms with Crippen molar-refractivity contribution in [3.8, 4) is 11.5 Å². The molecule has 3 rings (SSSR count). The summed E-state index contributed by atoms with van der Waals surface area (Å²) in [6.07, 6.45) is 1.82. The lowest BCUT2D eigenvalue weighted by molar-refractivity contribution is 0.357. The number of aromatic hydroxyl groups is 1. The predicted molar refractivity (Wildman–Crippen MR) is 80.4 cm³/mol. The molecule has 0 amide bonds. The average molecular weight is 287 g/mol. The fraction of sp³-hybridized carbons (Fsp3) is 0.294. The highest BCUT2D eigenvalue weighted by molar-refractivity contribution is 5.50. The number of anilines is 1. The van der Waals surface area contributed by atoms with E-state index in [-0.39, 0.29) is 11.8 Å². The van der Waals surface area contributed by atoms with E-state index in [1.165, 1.54) is 17.7 Å². The van der Waals surface area contributed by atoms with Crippen molar-refractivity contribution < 1.29 is 14.2 Å². The van der Waals surface area contributed by atoms with Gasteiger partial charge in [-0.2, -0.15) is 0 Å². The normalized spacial score (nSPS) is 14.4. The number of fused-ring (bicyclic) bond motifs is 1. The molecule has 2 aromatic rings. The zero-order valence-corrected chi connectivity index (χ0v) is 11.9. The Bertz CT molecular complexity index is 657. The third-order valence-corrected chi connectivity index (χ3v) is 3.81. The molecule has 1 heterocycles. The summed E-state index contributed by atoms with van der Waals surface area (Å²) in [7, 11) is 0. The molecule has 1 aliphatic heterocycles. The van der Waals surface area contributed by atoms with Gasteiger partial charge in [-0.15, -0.1) is 0 Å². The zero-order chi connectivity index (χ0) is 14.8. The van der Waals surface area contributed by atoms with E-state index in [1.807, 2.05) is 12.1 Å². The molecule has 0 fully saturated rings. The summed E-state index contributed by atoms with van der Waals surface area (Å²) < 4.78 is 18.9. The molecule has 0 radical (unpaired) electrons. The van der Waals surface area contributed by atoms with E-state index in [0.717, 1.165) is 30.8 Å². The summed E-state index contributed by atoms with van der Waals surface area (Å²) in [5.41, 5.74) is 3.05. The molecule has 0 bridgehead atoms. The van der Waals surface area contributed by atoms with Crippen molar-refractivity contribution in [1.29, 1.82) is 0 Å². The van der Waals surface area contributed by atoms with Crippen LogP contribution in [0.1, 0.15) is 30.5 Å². The molecule has 110 valence electrons. The summed E-state index contributed by atoms with van der Waals surface area (Å²) in [6, 6.07) is 10.6. The van der Waals surface area contributed by atoms with Crippen molar-refractivity contribution in [3.05, 3.63) is 53.3 Å². The van der Waals surface area contributed by atoms with Gasteiger partial charge in [-0.05, 0) is 41.8 Å². The summed E-state index contributed by atoms with van der Waals surface area (Å²) >= 11 is 0. The predicted octanol–water partition coefficient (Wildman–Crippen LogP) is 4.03. The van der Waals surface area contributed by atoms with Gasteiger partial charge >= 0.3 is 0 Å². The van der Waals surface area contributed by atoms with Gasteiger partial charge in [0.15, 0.2) is 11.6 Å². The number of ether oxygens (including phenoxy) is 1. The van der Waals surface area contributed by atoms with Gasteiger partial charge in [-0.25, -0.2) is 4.39 Å². The highest BCUT2D eigenvalue weighted by atomic mass is 19.1. The SMILES string of the molecule is CCC(Nc1ccc(O)c(F)c1)c1ccc2c(c1)CCO2. The second-order valence-corrected chi connectivity index (χ2v) is 5.24. The Hall–Kier alpha value is -2.23. The lowest BCUT2D eigenvalue weighted by Crippen LogP contribution is -2.10. The van der Waals surface area contributed by atoms with Gasteiger partial charge in [0.05, 0.1) is 12.6 Å². The Kier molecular flexibility index (Phi) is 3.69. The van der Waals surface area contributed by atoms with E-state index in [1.54, 1.807) is 6.07 Å². The molecule has 1 atom stereocenters. The molecule has 2 N–H and O–H groups in total. The second kappa shape index (κ2) is 5.64. The molecular weight excluding hydrogens is 269 g/mol. The van der Waals surface area contributed by atoms with Gasteiger partial charge in [-0.1, -0.05) is 13.0 Å². The van der Waals surface area contributed by atoms with E-state index in [4.69, 9.17) is 4.74 Å². The van der Waals surface area contributed by atoms with Crippen LogP contribution in [0.25, 0.3) is 0 Å². The monoisotopic (exact) mass is 287 g/mol. The Morgan fingerprint density at radius 3 is 2.90 bits per heavy atom. The van der Waals surface area contributed by atoms with Crippen molar-refractivity contribution in [2.45, 2.75) is 25.8 Å².